The summed E-state index contributed by atoms with van der Waals surface area (Å²) in [7, 11) is 3.03. The van der Waals surface area contributed by atoms with Crippen molar-refractivity contribution in [3.8, 4) is 11.5 Å². The third kappa shape index (κ3) is 4.94. The maximum Gasteiger partial charge on any atom is 0.323 e. The molecule has 0 bridgehead atoms. The predicted molar refractivity (Wildman–Crippen MR) is 126 cm³/mol. The zero-order valence-corrected chi connectivity index (χ0v) is 19.6. The maximum absolute atomic E-state index is 12.0. The highest BCUT2D eigenvalue weighted by molar-refractivity contribution is 9.10. The Labute approximate surface area is 195 Å². The summed E-state index contributed by atoms with van der Waals surface area (Å²) in [4.78, 5) is 22.9. The van der Waals surface area contributed by atoms with Crippen LogP contribution >= 0.6 is 15.9 Å². The van der Waals surface area contributed by atoms with Crippen molar-refractivity contribution in [2.45, 2.75) is 18.9 Å². The minimum atomic E-state index is -0.198. The second kappa shape index (κ2) is 10.1. The highest BCUT2D eigenvalue weighted by atomic mass is 79.9. The minimum Gasteiger partial charge on any atom is -0.493 e. The molecule has 1 aliphatic heterocycles. The molecule has 1 atom stereocenters. The van der Waals surface area contributed by atoms with Gasteiger partial charge in [-0.05, 0) is 43.7 Å². The van der Waals surface area contributed by atoms with Crippen LogP contribution in [-0.2, 0) is 9.53 Å². The lowest BCUT2D eigenvalue weighted by atomic mass is 10.2. The van der Waals surface area contributed by atoms with Gasteiger partial charge in [-0.3, -0.25) is 9.69 Å². The van der Waals surface area contributed by atoms with E-state index < -0.39 is 0 Å². The number of fused-ring (bicyclic) bond motifs is 1. The van der Waals surface area contributed by atoms with Gasteiger partial charge in [0.05, 0.1) is 19.7 Å². The smallest absolute Gasteiger partial charge is 0.323 e. The van der Waals surface area contributed by atoms with E-state index in [0.29, 0.717) is 30.5 Å². The van der Waals surface area contributed by atoms with Gasteiger partial charge in [0.2, 0.25) is 0 Å². The first-order valence-corrected chi connectivity index (χ1v) is 11.2. The van der Waals surface area contributed by atoms with Gasteiger partial charge >= 0.3 is 5.97 Å². The van der Waals surface area contributed by atoms with Crippen LogP contribution in [0.2, 0.25) is 0 Å². The Morgan fingerprint density at radius 1 is 1.22 bits per heavy atom. The molecule has 2 heterocycles. The van der Waals surface area contributed by atoms with Crippen molar-refractivity contribution in [1.82, 2.24) is 14.9 Å². The maximum atomic E-state index is 12.0. The normalized spacial score (nSPS) is 16.2. The Kier molecular flexibility index (Phi) is 7.06. The number of nitrogens with one attached hydrogen (secondary N) is 1. The molecule has 168 valence electrons. The topological polar surface area (TPSA) is 85.8 Å². The number of aromatic nitrogens is 2. The summed E-state index contributed by atoms with van der Waals surface area (Å²) in [6.45, 7) is 1.89. The molecule has 4 rings (SSSR count). The van der Waals surface area contributed by atoms with Crippen LogP contribution in [0.1, 0.15) is 12.8 Å². The van der Waals surface area contributed by atoms with Gasteiger partial charge in [-0.1, -0.05) is 22.0 Å². The van der Waals surface area contributed by atoms with Gasteiger partial charge < -0.3 is 19.5 Å². The molecule has 0 amide bonds. The molecule has 1 aliphatic rings. The number of halogens is 1. The van der Waals surface area contributed by atoms with Crippen molar-refractivity contribution in [2.75, 3.05) is 39.2 Å². The number of methoxy groups -OCH3 is 2. The number of rotatable bonds is 8. The van der Waals surface area contributed by atoms with Crippen LogP contribution in [0.15, 0.2) is 47.2 Å². The molecule has 3 aromatic rings. The summed E-state index contributed by atoms with van der Waals surface area (Å²) >= 11 is 3.49. The first-order chi connectivity index (χ1) is 15.6. The van der Waals surface area contributed by atoms with Crippen molar-refractivity contribution < 1.29 is 19.0 Å². The van der Waals surface area contributed by atoms with Crippen molar-refractivity contribution in [3.63, 3.8) is 0 Å². The Hall–Kier alpha value is -2.91. The van der Waals surface area contributed by atoms with Gasteiger partial charge in [-0.2, -0.15) is 0 Å². The molecule has 1 N–H and O–H groups in total. The lowest BCUT2D eigenvalue weighted by molar-refractivity contribution is -0.145. The molecule has 1 aromatic heterocycles. The molecule has 9 heteroatoms. The van der Waals surface area contributed by atoms with Gasteiger partial charge in [0, 0.05) is 28.2 Å². The molecule has 8 nitrogen and oxygen atoms in total. The van der Waals surface area contributed by atoms with E-state index in [-0.39, 0.29) is 12.0 Å². The molecule has 0 saturated carbocycles. The summed E-state index contributed by atoms with van der Waals surface area (Å²) < 4.78 is 17.5. The molecule has 1 unspecified atom stereocenters. The summed E-state index contributed by atoms with van der Waals surface area (Å²) in [5.41, 5.74) is 1.65. The number of benzene rings is 2. The lowest BCUT2D eigenvalue weighted by Crippen LogP contribution is -2.39. The number of hydrogen-bond acceptors (Lipinski definition) is 8. The number of ether oxygens (including phenoxy) is 3. The van der Waals surface area contributed by atoms with Gasteiger partial charge in [0.15, 0.2) is 11.5 Å². The number of nitrogens with zero attached hydrogens (tertiary/aromatic N) is 3. The summed E-state index contributed by atoms with van der Waals surface area (Å²) in [5, 5.41) is 4.16. The molecule has 1 saturated heterocycles. The highest BCUT2D eigenvalue weighted by Gasteiger charge is 2.31. The van der Waals surface area contributed by atoms with Gasteiger partial charge in [0.25, 0.3) is 0 Å². The Morgan fingerprint density at radius 2 is 2.09 bits per heavy atom. The van der Waals surface area contributed by atoms with Crippen molar-refractivity contribution in [3.05, 3.63) is 47.2 Å². The van der Waals surface area contributed by atoms with Gasteiger partial charge in [-0.25, -0.2) is 9.97 Å². The summed E-state index contributed by atoms with van der Waals surface area (Å²) in [6, 6.07) is 11.4. The minimum absolute atomic E-state index is 0.189. The first-order valence-electron chi connectivity index (χ1n) is 10.4. The average molecular weight is 501 g/mol. The molecule has 0 aliphatic carbocycles. The quantitative estimate of drug-likeness (QED) is 0.461. The van der Waals surface area contributed by atoms with E-state index in [0.717, 1.165) is 40.4 Å². The van der Waals surface area contributed by atoms with Crippen molar-refractivity contribution in [1.29, 1.82) is 0 Å². The molecule has 32 heavy (non-hydrogen) atoms. The van der Waals surface area contributed by atoms with Gasteiger partial charge in [0.1, 0.15) is 24.8 Å². The second-order valence-electron chi connectivity index (χ2n) is 7.44. The fourth-order valence-electron chi connectivity index (χ4n) is 3.91. The fraction of sp³-hybridized carbons (Fsp3) is 0.348. The van der Waals surface area contributed by atoms with E-state index in [1.807, 2.05) is 36.4 Å². The second-order valence-corrected chi connectivity index (χ2v) is 8.36. The summed E-state index contributed by atoms with van der Waals surface area (Å²) in [6.07, 6.45) is 3.30. The van der Waals surface area contributed by atoms with E-state index in [1.54, 1.807) is 7.11 Å². The van der Waals surface area contributed by atoms with Crippen LogP contribution in [0.5, 0.6) is 11.5 Å². The number of carbonyl (C=O) groups is 1. The number of carbonyl (C=O) groups excluding carboxylic acids is 1. The Bertz CT molecular complexity index is 1110. The number of anilines is 2. The van der Waals surface area contributed by atoms with Crippen LogP contribution in [0, 0.1) is 0 Å². The monoisotopic (exact) mass is 500 g/mol. The van der Waals surface area contributed by atoms with Crippen LogP contribution in [0.3, 0.4) is 0 Å². The molecule has 0 spiro atoms. The van der Waals surface area contributed by atoms with E-state index in [9.17, 15) is 4.79 Å². The molecular formula is C23H25BrN4O4. The molecular weight excluding hydrogens is 476 g/mol. The standard InChI is InChI=1S/C23H25BrN4O4/c1-30-20-13-18-17(22(26-14-25-18)27-16-6-3-5-15(24)11-16)12-21(20)32-10-9-28-8-4-7-19(28)23(29)31-2/h3,5-6,11-14,19H,4,7-10H2,1-2H3,(H,25,26,27). The Balaban J connectivity index is 1.54. The summed E-state index contributed by atoms with van der Waals surface area (Å²) in [5.74, 6) is 1.67. The Morgan fingerprint density at radius 3 is 2.88 bits per heavy atom. The van der Waals surface area contributed by atoms with E-state index >= 15 is 0 Å². The molecule has 2 aromatic carbocycles. The zero-order chi connectivity index (χ0) is 22.5. The highest BCUT2D eigenvalue weighted by Crippen LogP contribution is 2.35. The van der Waals surface area contributed by atoms with Crippen LogP contribution in [-0.4, -0.2) is 60.8 Å². The first kappa shape index (κ1) is 22.3. The van der Waals surface area contributed by atoms with Crippen molar-refractivity contribution >= 4 is 44.3 Å². The number of esters is 1. The third-order valence-electron chi connectivity index (χ3n) is 5.48. The van der Waals surface area contributed by atoms with Crippen LogP contribution in [0.4, 0.5) is 11.5 Å². The van der Waals surface area contributed by atoms with Crippen LogP contribution < -0.4 is 14.8 Å². The predicted octanol–water partition coefficient (Wildman–Crippen LogP) is 4.16. The van der Waals surface area contributed by atoms with Gasteiger partial charge in [-0.15, -0.1) is 0 Å². The molecule has 1 fully saturated rings. The van der Waals surface area contributed by atoms with Crippen molar-refractivity contribution in [2.24, 2.45) is 0 Å². The van der Waals surface area contributed by atoms with E-state index in [4.69, 9.17) is 14.2 Å². The fourth-order valence-corrected chi connectivity index (χ4v) is 4.31. The third-order valence-corrected chi connectivity index (χ3v) is 5.97. The molecule has 0 radical (unpaired) electrons. The largest absolute Gasteiger partial charge is 0.493 e. The number of hydrogen-bond donors (Lipinski definition) is 1. The average Bonchev–Trinajstić information content (AvgIpc) is 3.27. The number of likely N-dealkylation sites (tertiary alicyclic amines) is 1. The SMILES string of the molecule is COC(=O)C1CCCN1CCOc1cc2c(Nc3cccc(Br)c3)ncnc2cc1OC. The van der Waals surface area contributed by atoms with Crippen LogP contribution in [0.25, 0.3) is 10.9 Å². The van der Waals surface area contributed by atoms with E-state index in [2.05, 4.69) is 36.1 Å². The van der Waals surface area contributed by atoms with E-state index in [1.165, 1.54) is 13.4 Å². The lowest BCUT2D eigenvalue weighted by Gasteiger charge is -2.22. The zero-order valence-electron chi connectivity index (χ0n) is 18.0.